The van der Waals surface area contributed by atoms with E-state index in [1.807, 2.05) is 6.20 Å². The van der Waals surface area contributed by atoms with Gasteiger partial charge in [0, 0.05) is 13.1 Å². The molecule has 27 heavy (non-hydrogen) atoms. The fourth-order valence-corrected chi connectivity index (χ4v) is 2.95. The standard InChI is InChI=1S/C17H17N7O3/c1-27-17(26)15-5-3-2-4-14(15)16(25)22-10-13(11-22)23-8-12(20-21-23)9-24-18-6-7-19-24/h2-8,13H,9-11H2,1H3. The average molecular weight is 367 g/mol. The second-order valence-corrected chi connectivity index (χ2v) is 6.15. The lowest BCUT2D eigenvalue weighted by atomic mass is 10.0. The molecule has 1 aliphatic rings. The summed E-state index contributed by atoms with van der Waals surface area (Å²) in [6.45, 7) is 1.43. The van der Waals surface area contributed by atoms with Gasteiger partial charge in [-0.25, -0.2) is 9.48 Å². The summed E-state index contributed by atoms with van der Waals surface area (Å²) in [6.07, 6.45) is 5.04. The zero-order valence-corrected chi connectivity index (χ0v) is 14.6. The fourth-order valence-electron chi connectivity index (χ4n) is 2.95. The van der Waals surface area contributed by atoms with E-state index in [9.17, 15) is 9.59 Å². The van der Waals surface area contributed by atoms with Gasteiger partial charge in [-0.05, 0) is 12.1 Å². The van der Waals surface area contributed by atoms with Crippen molar-refractivity contribution in [3.63, 3.8) is 0 Å². The number of carbonyl (C=O) groups excluding carboxylic acids is 2. The van der Waals surface area contributed by atoms with Crippen LogP contribution in [-0.2, 0) is 11.3 Å². The van der Waals surface area contributed by atoms with Crippen molar-refractivity contribution in [2.24, 2.45) is 0 Å². The van der Waals surface area contributed by atoms with Crippen molar-refractivity contribution < 1.29 is 14.3 Å². The van der Waals surface area contributed by atoms with Crippen LogP contribution in [0.2, 0.25) is 0 Å². The molecule has 10 nitrogen and oxygen atoms in total. The first-order valence-electron chi connectivity index (χ1n) is 8.37. The van der Waals surface area contributed by atoms with Gasteiger partial charge in [0.15, 0.2) is 0 Å². The van der Waals surface area contributed by atoms with Crippen LogP contribution >= 0.6 is 0 Å². The van der Waals surface area contributed by atoms with E-state index < -0.39 is 5.97 Å². The van der Waals surface area contributed by atoms with Crippen LogP contribution < -0.4 is 0 Å². The molecular weight excluding hydrogens is 350 g/mol. The molecule has 1 aromatic carbocycles. The molecule has 0 aliphatic carbocycles. The summed E-state index contributed by atoms with van der Waals surface area (Å²) in [7, 11) is 1.30. The minimum absolute atomic E-state index is 0.0473. The smallest absolute Gasteiger partial charge is 0.338 e. The number of nitrogens with zero attached hydrogens (tertiary/aromatic N) is 7. The van der Waals surface area contributed by atoms with Gasteiger partial charge in [-0.1, -0.05) is 17.3 Å². The van der Waals surface area contributed by atoms with Gasteiger partial charge in [-0.3, -0.25) is 4.79 Å². The maximum Gasteiger partial charge on any atom is 0.338 e. The summed E-state index contributed by atoms with van der Waals surface area (Å²) >= 11 is 0. The Morgan fingerprint density at radius 1 is 1.15 bits per heavy atom. The van der Waals surface area contributed by atoms with Gasteiger partial charge in [-0.2, -0.15) is 15.0 Å². The minimum Gasteiger partial charge on any atom is -0.465 e. The molecule has 0 unspecified atom stereocenters. The Labute approximate surface area is 154 Å². The summed E-state index contributed by atoms with van der Waals surface area (Å²) in [4.78, 5) is 27.8. The highest BCUT2D eigenvalue weighted by atomic mass is 16.5. The molecule has 2 aromatic heterocycles. The first-order chi connectivity index (χ1) is 13.2. The molecule has 4 rings (SSSR count). The normalized spacial score (nSPS) is 14.0. The number of amides is 1. The van der Waals surface area contributed by atoms with E-state index >= 15 is 0 Å². The number of rotatable bonds is 5. The molecule has 0 radical (unpaired) electrons. The number of benzene rings is 1. The van der Waals surface area contributed by atoms with Crippen molar-refractivity contribution in [3.05, 3.63) is 59.7 Å². The van der Waals surface area contributed by atoms with E-state index in [0.717, 1.165) is 5.69 Å². The Bertz CT molecular complexity index is 961. The molecule has 3 aromatic rings. The van der Waals surface area contributed by atoms with Gasteiger partial charge in [-0.15, -0.1) is 5.10 Å². The number of hydrogen-bond acceptors (Lipinski definition) is 7. The molecule has 1 amide bonds. The summed E-state index contributed by atoms with van der Waals surface area (Å²) in [5, 5.41) is 16.3. The predicted molar refractivity (Wildman–Crippen MR) is 91.9 cm³/mol. The largest absolute Gasteiger partial charge is 0.465 e. The molecule has 138 valence electrons. The van der Waals surface area contributed by atoms with Crippen LogP contribution in [0, 0.1) is 0 Å². The Morgan fingerprint density at radius 2 is 1.85 bits per heavy atom. The van der Waals surface area contributed by atoms with Crippen LogP contribution in [0.3, 0.4) is 0 Å². The fraction of sp³-hybridized carbons (Fsp3) is 0.294. The molecule has 1 fully saturated rings. The first-order valence-corrected chi connectivity index (χ1v) is 8.37. The summed E-state index contributed by atoms with van der Waals surface area (Å²) < 4.78 is 6.50. The van der Waals surface area contributed by atoms with Gasteiger partial charge < -0.3 is 9.64 Å². The number of methoxy groups -OCH3 is 1. The van der Waals surface area contributed by atoms with Crippen molar-refractivity contribution in [1.82, 2.24) is 34.9 Å². The number of carbonyl (C=O) groups is 2. The second kappa shape index (κ2) is 6.98. The van der Waals surface area contributed by atoms with Crippen molar-refractivity contribution in [2.75, 3.05) is 20.2 Å². The van der Waals surface area contributed by atoms with E-state index in [1.165, 1.54) is 11.9 Å². The third-order valence-corrected chi connectivity index (χ3v) is 4.41. The predicted octanol–water partition coefficient (Wildman–Crippen LogP) is 0.402. The van der Waals surface area contributed by atoms with E-state index in [-0.39, 0.29) is 17.5 Å². The summed E-state index contributed by atoms with van der Waals surface area (Å²) in [6, 6.07) is 6.69. The summed E-state index contributed by atoms with van der Waals surface area (Å²) in [5.74, 6) is -0.725. The van der Waals surface area contributed by atoms with Crippen LogP contribution in [0.25, 0.3) is 0 Å². The van der Waals surface area contributed by atoms with Crippen LogP contribution in [-0.4, -0.2) is 67.0 Å². The third-order valence-electron chi connectivity index (χ3n) is 4.41. The van der Waals surface area contributed by atoms with Crippen molar-refractivity contribution in [3.8, 4) is 0 Å². The highest BCUT2D eigenvalue weighted by Crippen LogP contribution is 2.24. The molecule has 1 saturated heterocycles. The van der Waals surface area contributed by atoms with Gasteiger partial charge in [0.25, 0.3) is 5.91 Å². The molecule has 10 heteroatoms. The average Bonchev–Trinajstić information content (AvgIpc) is 3.32. The summed E-state index contributed by atoms with van der Waals surface area (Å²) in [5.41, 5.74) is 1.35. The number of ether oxygens (including phenoxy) is 1. The van der Waals surface area contributed by atoms with E-state index in [0.29, 0.717) is 25.2 Å². The third kappa shape index (κ3) is 3.28. The highest BCUT2D eigenvalue weighted by Gasteiger charge is 2.34. The van der Waals surface area contributed by atoms with E-state index in [2.05, 4.69) is 20.5 Å². The van der Waals surface area contributed by atoms with Crippen molar-refractivity contribution in [2.45, 2.75) is 12.6 Å². The van der Waals surface area contributed by atoms with Gasteiger partial charge in [0.1, 0.15) is 12.2 Å². The SMILES string of the molecule is COC(=O)c1ccccc1C(=O)N1CC(n2cc(Cn3nccn3)nn2)C1. The Hall–Kier alpha value is -3.56. The molecule has 0 N–H and O–H groups in total. The van der Waals surface area contributed by atoms with E-state index in [1.54, 1.807) is 46.2 Å². The van der Waals surface area contributed by atoms with Crippen LogP contribution in [0.15, 0.2) is 42.9 Å². The topological polar surface area (TPSA) is 108 Å². The quantitative estimate of drug-likeness (QED) is 0.601. The van der Waals surface area contributed by atoms with E-state index in [4.69, 9.17) is 4.74 Å². The van der Waals surface area contributed by atoms with Crippen molar-refractivity contribution >= 4 is 11.9 Å². The van der Waals surface area contributed by atoms with Gasteiger partial charge in [0.05, 0.1) is 42.9 Å². The zero-order chi connectivity index (χ0) is 18.8. The molecule has 3 heterocycles. The number of aromatic nitrogens is 6. The van der Waals surface area contributed by atoms with Crippen LogP contribution in [0.1, 0.15) is 32.5 Å². The molecular formula is C17H17N7O3. The Morgan fingerprint density at radius 3 is 2.56 bits per heavy atom. The molecule has 0 spiro atoms. The second-order valence-electron chi connectivity index (χ2n) is 6.15. The van der Waals surface area contributed by atoms with Crippen molar-refractivity contribution in [1.29, 1.82) is 0 Å². The number of esters is 1. The molecule has 1 aliphatic heterocycles. The lowest BCUT2D eigenvalue weighted by molar-refractivity contribution is 0.0483. The maximum absolute atomic E-state index is 12.7. The Balaban J connectivity index is 1.41. The number of likely N-dealkylation sites (tertiary alicyclic amines) is 1. The van der Waals surface area contributed by atoms with Crippen LogP contribution in [0.4, 0.5) is 0 Å². The van der Waals surface area contributed by atoms with Gasteiger partial charge in [0.2, 0.25) is 0 Å². The lowest BCUT2D eigenvalue weighted by Crippen LogP contribution is -2.51. The first kappa shape index (κ1) is 16.9. The molecule has 0 saturated carbocycles. The monoisotopic (exact) mass is 367 g/mol. The lowest BCUT2D eigenvalue weighted by Gasteiger charge is -2.39. The number of hydrogen-bond donors (Lipinski definition) is 0. The molecule has 0 bridgehead atoms. The molecule has 0 atom stereocenters. The Kier molecular flexibility index (Phi) is 4.37. The zero-order valence-electron chi connectivity index (χ0n) is 14.6. The highest BCUT2D eigenvalue weighted by molar-refractivity contribution is 6.05. The minimum atomic E-state index is -0.524. The van der Waals surface area contributed by atoms with Gasteiger partial charge >= 0.3 is 5.97 Å². The maximum atomic E-state index is 12.7. The van der Waals surface area contributed by atoms with Crippen LogP contribution in [0.5, 0.6) is 0 Å².